The molecule has 30 heavy (non-hydrogen) atoms. The topological polar surface area (TPSA) is 78.5 Å². The molecule has 0 unspecified atom stereocenters. The number of aryl methyl sites for hydroxylation is 1. The van der Waals surface area contributed by atoms with Crippen molar-refractivity contribution in [2.45, 2.75) is 25.8 Å². The van der Waals surface area contributed by atoms with Crippen molar-refractivity contribution in [2.24, 2.45) is 0 Å². The first-order valence-corrected chi connectivity index (χ1v) is 9.93. The van der Waals surface area contributed by atoms with Gasteiger partial charge in [0.25, 0.3) is 5.91 Å². The summed E-state index contributed by atoms with van der Waals surface area (Å²) in [5.41, 5.74) is 1.26. The highest BCUT2D eigenvalue weighted by atomic mass is 16.2. The summed E-state index contributed by atoms with van der Waals surface area (Å²) in [6.45, 7) is 3.38. The van der Waals surface area contributed by atoms with Gasteiger partial charge in [-0.15, -0.1) is 0 Å². The second kappa shape index (κ2) is 7.63. The van der Waals surface area contributed by atoms with Crippen molar-refractivity contribution < 1.29 is 14.4 Å². The minimum Gasteiger partial charge on any atom is -0.325 e. The minimum absolute atomic E-state index is 0.347. The standard InChI is InChI=1S/C24H23N3O3/c1-3-16-11-13-18(14-12-16)25-21(28)15-27-22(29)24(2,26-23(27)30)20-10-6-8-17-7-4-5-9-19(17)20/h4-14H,3,15H2,1-2H3,(H,25,28)(H,26,30)/t24-/m1/s1. The number of nitrogens with zero attached hydrogens (tertiary/aromatic N) is 1. The van der Waals surface area contributed by atoms with Crippen LogP contribution in [0.4, 0.5) is 10.5 Å². The van der Waals surface area contributed by atoms with Crippen LogP contribution >= 0.6 is 0 Å². The van der Waals surface area contributed by atoms with Crippen molar-refractivity contribution in [3.05, 3.63) is 77.9 Å². The van der Waals surface area contributed by atoms with Gasteiger partial charge in [-0.1, -0.05) is 61.5 Å². The van der Waals surface area contributed by atoms with E-state index < -0.39 is 23.4 Å². The van der Waals surface area contributed by atoms with Crippen molar-refractivity contribution in [3.63, 3.8) is 0 Å². The van der Waals surface area contributed by atoms with Crippen LogP contribution < -0.4 is 10.6 Å². The second-order valence-corrected chi connectivity index (χ2v) is 7.57. The number of anilines is 1. The first-order chi connectivity index (χ1) is 14.4. The number of hydrogen-bond acceptors (Lipinski definition) is 3. The number of nitrogens with one attached hydrogen (secondary N) is 2. The average molecular weight is 401 g/mol. The summed E-state index contributed by atoms with van der Waals surface area (Å²) >= 11 is 0. The second-order valence-electron chi connectivity index (χ2n) is 7.57. The van der Waals surface area contributed by atoms with Crippen LogP contribution in [0.1, 0.15) is 25.0 Å². The highest BCUT2D eigenvalue weighted by Crippen LogP contribution is 2.33. The molecular formula is C24H23N3O3. The van der Waals surface area contributed by atoms with Crippen LogP contribution in [0.25, 0.3) is 10.8 Å². The molecule has 6 nitrogen and oxygen atoms in total. The van der Waals surface area contributed by atoms with Gasteiger partial charge in [-0.2, -0.15) is 0 Å². The van der Waals surface area contributed by atoms with E-state index in [1.807, 2.05) is 66.7 Å². The molecule has 3 aromatic rings. The Labute approximate surface area is 174 Å². The highest BCUT2D eigenvalue weighted by Gasteiger charge is 2.50. The van der Waals surface area contributed by atoms with E-state index in [2.05, 4.69) is 17.6 Å². The van der Waals surface area contributed by atoms with Crippen molar-refractivity contribution in [2.75, 3.05) is 11.9 Å². The lowest BCUT2D eigenvalue weighted by molar-refractivity contribution is -0.133. The third-order valence-electron chi connectivity index (χ3n) is 5.55. The fourth-order valence-corrected chi connectivity index (χ4v) is 3.85. The van der Waals surface area contributed by atoms with Crippen molar-refractivity contribution in [1.29, 1.82) is 0 Å². The molecule has 1 heterocycles. The Morgan fingerprint density at radius 2 is 1.70 bits per heavy atom. The van der Waals surface area contributed by atoms with E-state index in [1.54, 1.807) is 6.92 Å². The lowest BCUT2D eigenvalue weighted by atomic mass is 9.88. The number of carbonyl (C=O) groups excluding carboxylic acids is 3. The Kier molecular flexibility index (Phi) is 4.99. The Hall–Kier alpha value is -3.67. The first-order valence-electron chi connectivity index (χ1n) is 9.93. The molecule has 0 saturated carbocycles. The smallest absolute Gasteiger partial charge is 0.325 e. The van der Waals surface area contributed by atoms with Gasteiger partial charge in [0.1, 0.15) is 12.1 Å². The first kappa shape index (κ1) is 19.6. The van der Waals surface area contributed by atoms with Crippen LogP contribution in [-0.2, 0) is 21.5 Å². The van der Waals surface area contributed by atoms with Gasteiger partial charge in [-0.05, 0) is 47.4 Å². The van der Waals surface area contributed by atoms with Crippen LogP contribution in [0, 0.1) is 0 Å². The molecule has 4 rings (SSSR count). The van der Waals surface area contributed by atoms with Gasteiger partial charge in [-0.25, -0.2) is 4.79 Å². The SMILES string of the molecule is CCc1ccc(NC(=O)CN2C(=O)N[C@](C)(c3cccc4ccccc34)C2=O)cc1. The fraction of sp³-hybridized carbons (Fsp3) is 0.208. The predicted octanol–water partition coefficient (Wildman–Crippen LogP) is 3.81. The number of carbonyl (C=O) groups is 3. The molecule has 3 aromatic carbocycles. The summed E-state index contributed by atoms with van der Waals surface area (Å²) in [6, 6.07) is 20.2. The van der Waals surface area contributed by atoms with Gasteiger partial charge in [0.2, 0.25) is 5.91 Å². The lowest BCUT2D eigenvalue weighted by Gasteiger charge is -2.24. The molecule has 1 atom stereocenters. The van der Waals surface area contributed by atoms with Gasteiger partial charge in [0, 0.05) is 5.69 Å². The van der Waals surface area contributed by atoms with Crippen LogP contribution in [0.3, 0.4) is 0 Å². The Morgan fingerprint density at radius 3 is 2.43 bits per heavy atom. The Bertz CT molecular complexity index is 1130. The summed E-state index contributed by atoms with van der Waals surface area (Å²) in [7, 11) is 0. The maximum atomic E-state index is 13.2. The summed E-state index contributed by atoms with van der Waals surface area (Å²) < 4.78 is 0. The van der Waals surface area contributed by atoms with E-state index in [9.17, 15) is 14.4 Å². The van der Waals surface area contributed by atoms with E-state index in [4.69, 9.17) is 0 Å². The number of urea groups is 1. The summed E-state index contributed by atoms with van der Waals surface area (Å²) in [4.78, 5) is 39.3. The van der Waals surface area contributed by atoms with Crippen LogP contribution in [0.5, 0.6) is 0 Å². The number of imide groups is 1. The number of benzene rings is 3. The monoisotopic (exact) mass is 401 g/mol. The lowest BCUT2D eigenvalue weighted by Crippen LogP contribution is -2.42. The van der Waals surface area contributed by atoms with Gasteiger partial charge in [-0.3, -0.25) is 14.5 Å². The van der Waals surface area contributed by atoms with Gasteiger partial charge in [0.15, 0.2) is 0 Å². The molecule has 0 spiro atoms. The van der Waals surface area contributed by atoms with Crippen LogP contribution in [-0.4, -0.2) is 29.3 Å². The fourth-order valence-electron chi connectivity index (χ4n) is 3.85. The van der Waals surface area contributed by atoms with Crippen molar-refractivity contribution >= 4 is 34.3 Å². The normalized spacial score (nSPS) is 18.5. The molecular weight excluding hydrogens is 378 g/mol. The molecule has 152 valence electrons. The van der Waals surface area contributed by atoms with Gasteiger partial charge < -0.3 is 10.6 Å². The van der Waals surface area contributed by atoms with E-state index >= 15 is 0 Å². The predicted molar refractivity (Wildman–Crippen MR) is 116 cm³/mol. The highest BCUT2D eigenvalue weighted by molar-refractivity contribution is 6.11. The molecule has 1 aliphatic rings. The molecule has 1 saturated heterocycles. The number of fused-ring (bicyclic) bond motifs is 1. The average Bonchev–Trinajstić information content (AvgIpc) is 2.97. The molecule has 4 amide bonds. The van der Waals surface area contributed by atoms with Crippen LogP contribution in [0.2, 0.25) is 0 Å². The number of amides is 4. The quantitative estimate of drug-likeness (QED) is 0.638. The van der Waals surface area contributed by atoms with Crippen molar-refractivity contribution in [1.82, 2.24) is 10.2 Å². The molecule has 1 fully saturated rings. The molecule has 0 bridgehead atoms. The largest absolute Gasteiger partial charge is 0.325 e. The molecule has 0 radical (unpaired) electrons. The Balaban J connectivity index is 1.55. The maximum absolute atomic E-state index is 13.2. The molecule has 1 aliphatic heterocycles. The minimum atomic E-state index is -1.24. The zero-order chi connectivity index (χ0) is 21.3. The maximum Gasteiger partial charge on any atom is 0.325 e. The van der Waals surface area contributed by atoms with E-state index in [0.29, 0.717) is 11.3 Å². The van der Waals surface area contributed by atoms with Gasteiger partial charge >= 0.3 is 6.03 Å². The van der Waals surface area contributed by atoms with E-state index in [-0.39, 0.29) is 6.54 Å². The zero-order valence-corrected chi connectivity index (χ0v) is 16.9. The van der Waals surface area contributed by atoms with E-state index in [0.717, 1.165) is 27.7 Å². The third-order valence-corrected chi connectivity index (χ3v) is 5.55. The van der Waals surface area contributed by atoms with Gasteiger partial charge in [0.05, 0.1) is 0 Å². The third kappa shape index (κ3) is 3.41. The summed E-state index contributed by atoms with van der Waals surface area (Å²) in [5, 5.41) is 7.39. The molecule has 2 N–H and O–H groups in total. The molecule has 0 aliphatic carbocycles. The molecule has 6 heteroatoms. The summed E-state index contributed by atoms with van der Waals surface area (Å²) in [5.74, 6) is -0.870. The van der Waals surface area contributed by atoms with Crippen molar-refractivity contribution in [3.8, 4) is 0 Å². The van der Waals surface area contributed by atoms with Crippen LogP contribution in [0.15, 0.2) is 66.7 Å². The van der Waals surface area contributed by atoms with E-state index in [1.165, 1.54) is 0 Å². The number of hydrogen-bond donors (Lipinski definition) is 2. The molecule has 0 aromatic heterocycles. The zero-order valence-electron chi connectivity index (χ0n) is 16.9. The summed E-state index contributed by atoms with van der Waals surface area (Å²) in [6.07, 6.45) is 0.906. The Morgan fingerprint density at radius 1 is 1.00 bits per heavy atom. The number of rotatable bonds is 5.